The van der Waals surface area contributed by atoms with Crippen LogP contribution in [0.15, 0.2) is 101 Å². The molecule has 0 aliphatic carbocycles. The van der Waals surface area contributed by atoms with Gasteiger partial charge in [-0.25, -0.2) is 10.2 Å². The molecule has 0 spiro atoms. The normalized spacial score (nSPS) is 10.9. The molecule has 0 bridgehead atoms. The van der Waals surface area contributed by atoms with Crippen molar-refractivity contribution >= 4 is 56.5 Å². The molecule has 9 heteroatoms. The van der Waals surface area contributed by atoms with Crippen LogP contribution in [0.25, 0.3) is 22.0 Å². The molecule has 1 aromatic heterocycles. The summed E-state index contributed by atoms with van der Waals surface area (Å²) in [7, 11) is 0. The number of H-pyrrole nitrogens is 1. The lowest BCUT2D eigenvalue weighted by molar-refractivity contribution is 0.0734. The van der Waals surface area contributed by atoms with E-state index in [1.807, 2.05) is 36.4 Å². The maximum Gasteiger partial charge on any atom is 0.343 e. The second-order valence-electron chi connectivity index (χ2n) is 8.36. The van der Waals surface area contributed by atoms with E-state index in [1.165, 1.54) is 6.21 Å². The summed E-state index contributed by atoms with van der Waals surface area (Å²) in [6.45, 7) is 0. The average molecular weight is 598 g/mol. The Morgan fingerprint density at radius 2 is 1.77 bits per heavy atom. The fraction of sp³-hybridized carbons (Fsp3) is 0. The molecule has 1 amide bonds. The first kappa shape index (κ1) is 25.9. The number of aromatic amines is 1. The molecule has 0 saturated heterocycles. The number of nitriles is 1. The van der Waals surface area contributed by atoms with Gasteiger partial charge in [0.2, 0.25) is 0 Å². The second kappa shape index (κ2) is 11.4. The minimum Gasteiger partial charge on any atom is -0.422 e. The number of hydrogen-bond acceptors (Lipinski definition) is 5. The number of nitrogens with one attached hydrogen (secondary N) is 2. The van der Waals surface area contributed by atoms with Crippen molar-refractivity contribution in [2.45, 2.75) is 0 Å². The SMILES string of the molecule is N#Cc1cccc2c(-c3ccccc3)c(C(=O)NN=Cc3cc(Br)ccc3OC(=O)c3ccc(Cl)cc3)[nH]c12. The van der Waals surface area contributed by atoms with Gasteiger partial charge in [0.05, 0.1) is 22.9 Å². The molecule has 0 saturated carbocycles. The van der Waals surface area contributed by atoms with Crippen molar-refractivity contribution in [3.63, 3.8) is 0 Å². The Kier molecular flexibility index (Phi) is 7.55. The first-order valence-electron chi connectivity index (χ1n) is 11.7. The smallest absolute Gasteiger partial charge is 0.343 e. The number of aromatic nitrogens is 1. The van der Waals surface area contributed by atoms with Gasteiger partial charge in [-0.2, -0.15) is 10.4 Å². The highest BCUT2D eigenvalue weighted by molar-refractivity contribution is 9.10. The molecule has 4 aromatic carbocycles. The number of esters is 1. The van der Waals surface area contributed by atoms with Crippen LogP contribution in [0.3, 0.4) is 0 Å². The van der Waals surface area contributed by atoms with Gasteiger partial charge in [-0.15, -0.1) is 0 Å². The zero-order chi connectivity index (χ0) is 27.4. The number of halogens is 2. The standard InChI is InChI=1S/C30H18BrClN4O3/c31-22-11-14-25(39-30(38)19-9-12-23(32)13-10-19)21(15-22)17-34-36-29(37)28-26(18-5-2-1-3-6-18)24-8-4-7-20(16-33)27(24)35-28/h1-15,17,35H,(H,36,37). The highest BCUT2D eigenvalue weighted by Gasteiger charge is 2.20. The van der Waals surface area contributed by atoms with Crippen molar-refractivity contribution < 1.29 is 14.3 Å². The molecule has 2 N–H and O–H groups in total. The number of ether oxygens (including phenoxy) is 1. The molecule has 0 atom stereocenters. The largest absolute Gasteiger partial charge is 0.422 e. The van der Waals surface area contributed by atoms with Crippen molar-refractivity contribution in [1.82, 2.24) is 10.4 Å². The van der Waals surface area contributed by atoms with Gasteiger partial charge in [-0.05, 0) is 54.1 Å². The van der Waals surface area contributed by atoms with Crippen LogP contribution in [-0.4, -0.2) is 23.1 Å². The van der Waals surface area contributed by atoms with Crippen molar-refractivity contribution in [2.24, 2.45) is 5.10 Å². The van der Waals surface area contributed by atoms with Crippen LogP contribution in [0.4, 0.5) is 0 Å². The van der Waals surface area contributed by atoms with Crippen LogP contribution >= 0.6 is 27.5 Å². The highest BCUT2D eigenvalue weighted by atomic mass is 79.9. The average Bonchev–Trinajstić information content (AvgIpc) is 3.35. The van der Waals surface area contributed by atoms with E-state index in [4.69, 9.17) is 16.3 Å². The third-order valence-corrected chi connectivity index (χ3v) is 6.61. The van der Waals surface area contributed by atoms with E-state index in [9.17, 15) is 14.9 Å². The molecule has 0 radical (unpaired) electrons. The molecule has 0 unspecified atom stereocenters. The number of benzene rings is 4. The zero-order valence-electron chi connectivity index (χ0n) is 20.1. The first-order valence-corrected chi connectivity index (χ1v) is 12.8. The molecule has 0 aliphatic heterocycles. The molecule has 0 fully saturated rings. The third-order valence-electron chi connectivity index (χ3n) is 5.87. The fourth-order valence-electron chi connectivity index (χ4n) is 4.06. The summed E-state index contributed by atoms with van der Waals surface area (Å²) < 4.78 is 6.30. The Bertz CT molecular complexity index is 1770. The summed E-state index contributed by atoms with van der Waals surface area (Å²) in [6, 6.07) is 28.3. The summed E-state index contributed by atoms with van der Waals surface area (Å²) in [6.07, 6.45) is 1.39. The van der Waals surface area contributed by atoms with Crippen LogP contribution < -0.4 is 10.2 Å². The number of hydrogen-bond donors (Lipinski definition) is 2. The Hall–Kier alpha value is -4.71. The van der Waals surface area contributed by atoms with E-state index < -0.39 is 11.9 Å². The predicted molar refractivity (Wildman–Crippen MR) is 154 cm³/mol. The minimum absolute atomic E-state index is 0.255. The number of nitrogens with zero attached hydrogens (tertiary/aromatic N) is 2. The quantitative estimate of drug-likeness (QED) is 0.0942. The lowest BCUT2D eigenvalue weighted by atomic mass is 10.0. The number of rotatable bonds is 6. The topological polar surface area (TPSA) is 107 Å². The zero-order valence-corrected chi connectivity index (χ0v) is 22.5. The van der Waals surface area contributed by atoms with Gasteiger partial charge in [0.1, 0.15) is 17.5 Å². The molecule has 190 valence electrons. The summed E-state index contributed by atoms with van der Waals surface area (Å²) in [5.41, 5.74) is 6.07. The molecular formula is C30H18BrClN4O3. The van der Waals surface area contributed by atoms with Crippen LogP contribution in [0.5, 0.6) is 5.75 Å². The lowest BCUT2D eigenvalue weighted by Crippen LogP contribution is -2.19. The maximum atomic E-state index is 13.3. The van der Waals surface area contributed by atoms with Crippen LogP contribution in [0, 0.1) is 11.3 Å². The Balaban J connectivity index is 1.43. The van der Waals surface area contributed by atoms with Gasteiger partial charge < -0.3 is 9.72 Å². The molecule has 1 heterocycles. The number of amides is 1. The first-order chi connectivity index (χ1) is 18.9. The van der Waals surface area contributed by atoms with Gasteiger partial charge in [0.15, 0.2) is 0 Å². The van der Waals surface area contributed by atoms with Crippen LogP contribution in [0.1, 0.15) is 32.0 Å². The van der Waals surface area contributed by atoms with E-state index in [1.54, 1.807) is 54.6 Å². The van der Waals surface area contributed by atoms with Crippen molar-refractivity contribution in [3.05, 3.63) is 123 Å². The number of carbonyl (C=O) groups is 2. The third kappa shape index (κ3) is 5.60. The van der Waals surface area contributed by atoms with Gasteiger partial charge >= 0.3 is 5.97 Å². The Morgan fingerprint density at radius 3 is 2.51 bits per heavy atom. The van der Waals surface area contributed by atoms with E-state index in [2.05, 4.69) is 37.5 Å². The van der Waals surface area contributed by atoms with Crippen molar-refractivity contribution in [2.75, 3.05) is 0 Å². The second-order valence-corrected chi connectivity index (χ2v) is 9.71. The lowest BCUT2D eigenvalue weighted by Gasteiger charge is -2.08. The van der Waals surface area contributed by atoms with Crippen molar-refractivity contribution in [3.8, 4) is 22.9 Å². The van der Waals surface area contributed by atoms with E-state index in [0.717, 1.165) is 15.4 Å². The molecule has 7 nitrogen and oxygen atoms in total. The maximum absolute atomic E-state index is 13.3. The van der Waals surface area contributed by atoms with Crippen molar-refractivity contribution in [1.29, 1.82) is 5.26 Å². The summed E-state index contributed by atoms with van der Waals surface area (Å²) in [5.74, 6) is -0.808. The van der Waals surface area contributed by atoms with Gasteiger partial charge in [0.25, 0.3) is 5.91 Å². The summed E-state index contributed by atoms with van der Waals surface area (Å²) >= 11 is 9.31. The van der Waals surface area contributed by atoms with Gasteiger partial charge in [-0.1, -0.05) is 70.0 Å². The summed E-state index contributed by atoms with van der Waals surface area (Å²) in [4.78, 5) is 29.0. The molecular weight excluding hydrogens is 580 g/mol. The number of fused-ring (bicyclic) bond motifs is 1. The molecule has 5 aromatic rings. The van der Waals surface area contributed by atoms with Crippen LogP contribution in [0.2, 0.25) is 5.02 Å². The minimum atomic E-state index is -0.563. The predicted octanol–water partition coefficient (Wildman–Crippen LogP) is 7.11. The fourth-order valence-corrected chi connectivity index (χ4v) is 4.56. The monoisotopic (exact) mass is 596 g/mol. The van der Waals surface area contributed by atoms with E-state index in [-0.39, 0.29) is 11.4 Å². The highest BCUT2D eigenvalue weighted by Crippen LogP contribution is 2.34. The Morgan fingerprint density at radius 1 is 1.00 bits per heavy atom. The van der Waals surface area contributed by atoms with Gasteiger partial charge in [-0.3, -0.25) is 4.79 Å². The Labute approximate surface area is 236 Å². The molecule has 39 heavy (non-hydrogen) atoms. The number of carbonyl (C=O) groups excluding carboxylic acids is 2. The van der Waals surface area contributed by atoms with Gasteiger partial charge in [0, 0.05) is 26.0 Å². The van der Waals surface area contributed by atoms with Crippen LogP contribution in [-0.2, 0) is 0 Å². The number of para-hydroxylation sites is 1. The van der Waals surface area contributed by atoms with E-state index in [0.29, 0.717) is 32.8 Å². The number of hydrazone groups is 1. The molecule has 5 rings (SSSR count). The van der Waals surface area contributed by atoms with E-state index >= 15 is 0 Å². The summed E-state index contributed by atoms with van der Waals surface area (Å²) in [5, 5.41) is 14.9. The molecule has 0 aliphatic rings.